The maximum absolute atomic E-state index is 10.9. The van der Waals surface area contributed by atoms with Gasteiger partial charge in [-0.3, -0.25) is 0 Å². The minimum absolute atomic E-state index is 0. The quantitative estimate of drug-likeness (QED) is 0.511. The molecule has 1 rings (SSSR count). The fourth-order valence-corrected chi connectivity index (χ4v) is 1.28. The van der Waals surface area contributed by atoms with E-state index in [1.807, 2.05) is 18.2 Å². The molecule has 0 aromatic heterocycles. The van der Waals surface area contributed by atoms with Crippen LogP contribution in [0.3, 0.4) is 0 Å². The van der Waals surface area contributed by atoms with E-state index in [2.05, 4.69) is 4.52 Å². The second-order valence-corrected chi connectivity index (χ2v) is 3.17. The van der Waals surface area contributed by atoms with Gasteiger partial charge in [0.05, 0.1) is 7.11 Å². The van der Waals surface area contributed by atoms with Crippen LogP contribution in [-0.2, 0) is 9.09 Å². The third kappa shape index (κ3) is 3.30. The summed E-state index contributed by atoms with van der Waals surface area (Å²) in [6.07, 6.45) is 0. The molecule has 0 amide bonds. The predicted octanol–water partition coefficient (Wildman–Crippen LogP) is 1.54. The molecule has 0 radical (unpaired) electrons. The van der Waals surface area contributed by atoms with Crippen LogP contribution >= 0.6 is 8.03 Å². The van der Waals surface area contributed by atoms with Gasteiger partial charge in [0.15, 0.2) is 0 Å². The van der Waals surface area contributed by atoms with Crippen LogP contribution in [0, 0.1) is 0 Å². The minimum Gasteiger partial charge on any atom is -1.00 e. The van der Waals surface area contributed by atoms with Crippen molar-refractivity contribution in [3.05, 3.63) is 30.3 Å². The Morgan fingerprint density at radius 1 is 1.36 bits per heavy atom. The van der Waals surface area contributed by atoms with E-state index in [9.17, 15) is 4.57 Å². The summed E-state index contributed by atoms with van der Waals surface area (Å²) in [7, 11) is -0.187. The molecule has 0 N–H and O–H groups in total. The second-order valence-electron chi connectivity index (χ2n) is 1.78. The summed E-state index contributed by atoms with van der Waals surface area (Å²) in [6.45, 7) is 0. The first kappa shape index (κ1) is 11.0. The van der Waals surface area contributed by atoms with Crippen molar-refractivity contribution in [2.24, 2.45) is 0 Å². The number of hydrogen-bond acceptors (Lipinski definition) is 2. The third-order valence-corrected chi connectivity index (χ3v) is 2.18. The van der Waals surface area contributed by atoms with Crippen molar-refractivity contribution < 1.29 is 11.9 Å². The topological polar surface area (TPSA) is 26.3 Å². The first-order valence-corrected chi connectivity index (χ1v) is 4.09. The zero-order valence-corrected chi connectivity index (χ0v) is 8.67. The Morgan fingerprint density at radius 2 is 1.91 bits per heavy atom. The van der Waals surface area contributed by atoms with Crippen molar-refractivity contribution in [1.82, 2.24) is 0 Å². The second kappa shape index (κ2) is 5.67. The molecule has 1 atom stereocenters. The molecular weight excluding hydrogens is 171 g/mol. The largest absolute Gasteiger partial charge is 2.00 e. The summed E-state index contributed by atoms with van der Waals surface area (Å²) in [5.74, 6) is 0. The Hall–Kier alpha value is 0.0462. The summed E-state index contributed by atoms with van der Waals surface area (Å²) in [6, 6.07) is 9.11. The monoisotopic (exact) mass is 181 g/mol. The Balaban J connectivity index is -0.000000333. The van der Waals surface area contributed by atoms with Gasteiger partial charge in [-0.15, -0.1) is 4.52 Å². The van der Waals surface area contributed by atoms with Crippen LogP contribution in [0.1, 0.15) is 2.85 Å². The zero-order valence-electron chi connectivity index (χ0n) is 8.36. The van der Waals surface area contributed by atoms with Crippen LogP contribution in [0.25, 0.3) is 0 Å². The van der Waals surface area contributed by atoms with Crippen molar-refractivity contribution in [3.63, 3.8) is 0 Å². The van der Waals surface area contributed by atoms with E-state index in [-0.39, 0.29) is 25.9 Å². The van der Waals surface area contributed by atoms with Crippen molar-refractivity contribution in [3.8, 4) is 0 Å². The van der Waals surface area contributed by atoms with Crippen molar-refractivity contribution >= 4 is 36.4 Å². The predicted molar refractivity (Wildman–Crippen MR) is 48.7 cm³/mol. The Labute approximate surface area is 85.9 Å². The average Bonchev–Trinajstić information content (AvgIpc) is 2.05. The standard InChI is InChI=1S/C7H8O2P.Mg.2H/c1-9-10(8)7-5-3-2-4-6-7;;;/h2-6H,1H3;;;/q+1;+2;2*-1. The molecule has 0 aliphatic carbocycles. The van der Waals surface area contributed by atoms with Gasteiger partial charge in [0.2, 0.25) is 5.30 Å². The van der Waals surface area contributed by atoms with Gasteiger partial charge in [0.1, 0.15) is 0 Å². The molecule has 0 fully saturated rings. The van der Waals surface area contributed by atoms with E-state index in [1.54, 1.807) is 12.1 Å². The summed E-state index contributed by atoms with van der Waals surface area (Å²) >= 11 is 0. The molecule has 0 spiro atoms. The first-order valence-electron chi connectivity index (χ1n) is 2.91. The molecular formula is C7H10MgO2P+. The fraction of sp³-hybridized carbons (Fsp3) is 0.143. The molecule has 2 nitrogen and oxygen atoms in total. The molecule has 0 saturated carbocycles. The van der Waals surface area contributed by atoms with Crippen LogP contribution in [0.5, 0.6) is 0 Å². The van der Waals surface area contributed by atoms with Gasteiger partial charge in [0, 0.05) is 0 Å². The molecule has 4 heteroatoms. The molecule has 0 saturated heterocycles. The molecule has 1 unspecified atom stereocenters. The Bertz CT molecular complexity index is 233. The van der Waals surface area contributed by atoms with Gasteiger partial charge >= 0.3 is 31.1 Å². The third-order valence-electron chi connectivity index (χ3n) is 1.13. The maximum atomic E-state index is 10.9. The molecule has 0 bridgehead atoms. The summed E-state index contributed by atoms with van der Waals surface area (Å²) in [5, 5.41) is 0.736. The van der Waals surface area contributed by atoms with Gasteiger partial charge in [-0.05, 0) is 16.7 Å². The van der Waals surface area contributed by atoms with Crippen molar-refractivity contribution in [2.75, 3.05) is 7.11 Å². The van der Waals surface area contributed by atoms with E-state index in [0.29, 0.717) is 0 Å². The fourth-order valence-electron chi connectivity index (χ4n) is 0.655. The molecule has 1 aromatic carbocycles. The molecule has 1 aromatic rings. The van der Waals surface area contributed by atoms with Gasteiger partial charge in [-0.2, -0.15) is 0 Å². The van der Waals surface area contributed by atoms with E-state index in [0.717, 1.165) is 5.30 Å². The van der Waals surface area contributed by atoms with E-state index in [1.165, 1.54) is 7.11 Å². The number of benzene rings is 1. The van der Waals surface area contributed by atoms with Gasteiger partial charge in [0.25, 0.3) is 0 Å². The van der Waals surface area contributed by atoms with Crippen LogP contribution in [0.15, 0.2) is 30.3 Å². The van der Waals surface area contributed by atoms with E-state index < -0.39 is 8.03 Å². The van der Waals surface area contributed by atoms with E-state index >= 15 is 0 Å². The molecule has 11 heavy (non-hydrogen) atoms. The van der Waals surface area contributed by atoms with Crippen LogP contribution in [0.4, 0.5) is 0 Å². The van der Waals surface area contributed by atoms with Crippen molar-refractivity contribution in [2.45, 2.75) is 0 Å². The first-order chi connectivity index (χ1) is 4.84. The minimum atomic E-state index is -1.62. The van der Waals surface area contributed by atoms with Crippen molar-refractivity contribution in [1.29, 1.82) is 0 Å². The number of rotatable bonds is 2. The van der Waals surface area contributed by atoms with Crippen LogP contribution in [-0.4, -0.2) is 30.2 Å². The maximum Gasteiger partial charge on any atom is 2.00 e. The molecule has 56 valence electrons. The summed E-state index contributed by atoms with van der Waals surface area (Å²) in [5.41, 5.74) is 0. The van der Waals surface area contributed by atoms with Gasteiger partial charge in [-0.25, -0.2) is 0 Å². The van der Waals surface area contributed by atoms with Gasteiger partial charge in [-0.1, -0.05) is 18.2 Å². The molecule has 0 aliphatic rings. The SMILES string of the molecule is CO[P+](=O)c1ccccc1.[H-].[H-].[Mg+2]. The molecule has 0 aliphatic heterocycles. The average molecular weight is 181 g/mol. The smallest absolute Gasteiger partial charge is 1.00 e. The van der Waals surface area contributed by atoms with Gasteiger partial charge < -0.3 is 2.85 Å². The van der Waals surface area contributed by atoms with E-state index in [4.69, 9.17) is 0 Å². The van der Waals surface area contributed by atoms with Crippen LogP contribution in [0.2, 0.25) is 0 Å². The summed E-state index contributed by atoms with van der Waals surface area (Å²) in [4.78, 5) is 0. The summed E-state index contributed by atoms with van der Waals surface area (Å²) < 4.78 is 15.6. The molecule has 0 heterocycles. The normalized spacial score (nSPS) is 10.1. The Kier molecular flexibility index (Phi) is 5.69. The number of hydrogen-bond donors (Lipinski definition) is 0. The zero-order chi connectivity index (χ0) is 7.40. The van der Waals surface area contributed by atoms with Crippen LogP contribution < -0.4 is 5.30 Å². The Morgan fingerprint density at radius 3 is 2.36 bits per heavy atom.